The maximum atomic E-state index is 12.5. The third-order valence-electron chi connectivity index (χ3n) is 5.06. The maximum Gasteiger partial charge on any atom is 0.251 e. The van der Waals surface area contributed by atoms with E-state index in [-0.39, 0.29) is 5.91 Å². The molecule has 3 rings (SSSR count). The molecule has 1 aliphatic heterocycles. The Kier molecular flexibility index (Phi) is 4.81. The molecular weight excluding hydrogens is 272 g/mol. The second-order valence-corrected chi connectivity index (χ2v) is 6.46. The molecule has 0 spiro atoms. The van der Waals surface area contributed by atoms with Gasteiger partial charge in [0.1, 0.15) is 0 Å². The average molecular weight is 298 g/mol. The van der Waals surface area contributed by atoms with Crippen LogP contribution in [0.1, 0.15) is 49.4 Å². The van der Waals surface area contributed by atoms with Gasteiger partial charge in [-0.1, -0.05) is 38.3 Å². The Morgan fingerprint density at radius 3 is 2.50 bits per heavy atom. The van der Waals surface area contributed by atoms with Gasteiger partial charge in [0.15, 0.2) is 0 Å². The van der Waals surface area contributed by atoms with Crippen LogP contribution in [0.15, 0.2) is 36.4 Å². The van der Waals surface area contributed by atoms with E-state index >= 15 is 0 Å². The molecule has 1 saturated carbocycles. The molecule has 2 atom stereocenters. The summed E-state index contributed by atoms with van der Waals surface area (Å²) in [6.07, 6.45) is 10.4. The largest absolute Gasteiger partial charge is 0.364 e. The number of nitrogens with zero attached hydrogens (tertiary/aromatic N) is 1. The average Bonchev–Trinajstić information content (AvgIpc) is 3.10. The lowest BCUT2D eigenvalue weighted by molar-refractivity contribution is 0.0905. The molecule has 0 bridgehead atoms. The van der Waals surface area contributed by atoms with Crippen molar-refractivity contribution < 1.29 is 4.79 Å². The maximum absolute atomic E-state index is 12.5. The van der Waals surface area contributed by atoms with Crippen molar-refractivity contribution >= 4 is 11.6 Å². The van der Waals surface area contributed by atoms with E-state index in [0.29, 0.717) is 12.0 Å². The molecule has 0 aromatic heterocycles. The van der Waals surface area contributed by atoms with Crippen LogP contribution in [0.5, 0.6) is 0 Å². The Balaban J connectivity index is 1.61. The van der Waals surface area contributed by atoms with Crippen LogP contribution in [0.25, 0.3) is 0 Å². The van der Waals surface area contributed by atoms with Gasteiger partial charge in [0, 0.05) is 30.4 Å². The summed E-state index contributed by atoms with van der Waals surface area (Å²) < 4.78 is 0. The van der Waals surface area contributed by atoms with Crippen LogP contribution < -0.4 is 10.2 Å². The van der Waals surface area contributed by atoms with Crippen molar-refractivity contribution in [3.05, 3.63) is 42.0 Å². The van der Waals surface area contributed by atoms with Crippen LogP contribution in [-0.4, -0.2) is 25.0 Å². The quantitative estimate of drug-likeness (QED) is 0.858. The first kappa shape index (κ1) is 15.1. The Hall–Kier alpha value is -1.77. The molecule has 0 saturated heterocycles. The lowest BCUT2D eigenvalue weighted by Gasteiger charge is -2.31. The predicted molar refractivity (Wildman–Crippen MR) is 91.3 cm³/mol. The number of anilines is 1. The number of benzene rings is 1. The predicted octanol–water partition coefficient (Wildman–Crippen LogP) is 3.76. The van der Waals surface area contributed by atoms with E-state index in [1.54, 1.807) is 0 Å². The summed E-state index contributed by atoms with van der Waals surface area (Å²) in [5.74, 6) is 0.726. The fraction of sp³-hybridized carbons (Fsp3) is 0.526. The highest BCUT2D eigenvalue weighted by Crippen LogP contribution is 2.27. The highest BCUT2D eigenvalue weighted by molar-refractivity contribution is 5.94. The summed E-state index contributed by atoms with van der Waals surface area (Å²) in [6, 6.07) is 8.37. The van der Waals surface area contributed by atoms with Gasteiger partial charge in [0.2, 0.25) is 0 Å². The second-order valence-electron chi connectivity index (χ2n) is 6.46. The first-order chi connectivity index (χ1) is 10.8. The van der Waals surface area contributed by atoms with Gasteiger partial charge < -0.3 is 10.2 Å². The van der Waals surface area contributed by atoms with Gasteiger partial charge in [0.05, 0.1) is 0 Å². The number of amides is 1. The van der Waals surface area contributed by atoms with Crippen molar-refractivity contribution in [1.29, 1.82) is 0 Å². The first-order valence-corrected chi connectivity index (χ1v) is 8.59. The lowest BCUT2D eigenvalue weighted by atomic mass is 9.83. The molecule has 1 amide bonds. The van der Waals surface area contributed by atoms with Crippen LogP contribution in [-0.2, 0) is 0 Å². The summed E-state index contributed by atoms with van der Waals surface area (Å²) in [5, 5.41) is 3.26. The summed E-state index contributed by atoms with van der Waals surface area (Å²) >= 11 is 0. The van der Waals surface area contributed by atoms with Crippen molar-refractivity contribution in [2.24, 2.45) is 5.92 Å². The SMILES string of the molecule is CCC1CCCCC1NC(=O)c1ccc(N2CC=CC2)cc1. The summed E-state index contributed by atoms with van der Waals surface area (Å²) in [6.45, 7) is 4.16. The van der Waals surface area contributed by atoms with Crippen molar-refractivity contribution in [3.63, 3.8) is 0 Å². The summed E-state index contributed by atoms with van der Waals surface area (Å²) in [7, 11) is 0. The van der Waals surface area contributed by atoms with Crippen LogP contribution in [0.3, 0.4) is 0 Å². The zero-order valence-electron chi connectivity index (χ0n) is 13.4. The molecule has 1 aromatic rings. The van der Waals surface area contributed by atoms with Crippen molar-refractivity contribution in [3.8, 4) is 0 Å². The minimum Gasteiger partial charge on any atom is -0.364 e. The smallest absolute Gasteiger partial charge is 0.251 e. The summed E-state index contributed by atoms with van der Waals surface area (Å²) in [4.78, 5) is 14.8. The number of carbonyl (C=O) groups excluding carboxylic acids is 1. The lowest BCUT2D eigenvalue weighted by Crippen LogP contribution is -2.41. The normalized spacial score (nSPS) is 24.5. The molecule has 1 heterocycles. The van der Waals surface area contributed by atoms with Gasteiger partial charge in [-0.15, -0.1) is 0 Å². The monoisotopic (exact) mass is 298 g/mol. The molecule has 1 N–H and O–H groups in total. The molecule has 22 heavy (non-hydrogen) atoms. The van der Waals surface area contributed by atoms with Crippen LogP contribution in [0, 0.1) is 5.92 Å². The fourth-order valence-corrected chi connectivity index (χ4v) is 3.65. The molecule has 0 radical (unpaired) electrons. The molecule has 2 aliphatic rings. The topological polar surface area (TPSA) is 32.3 Å². The van der Waals surface area contributed by atoms with E-state index in [9.17, 15) is 4.79 Å². The zero-order chi connectivity index (χ0) is 15.4. The first-order valence-electron chi connectivity index (χ1n) is 8.59. The highest BCUT2D eigenvalue weighted by atomic mass is 16.1. The van der Waals surface area contributed by atoms with Gasteiger partial charge in [-0.3, -0.25) is 4.79 Å². The van der Waals surface area contributed by atoms with Crippen LogP contribution in [0.2, 0.25) is 0 Å². The zero-order valence-corrected chi connectivity index (χ0v) is 13.4. The second kappa shape index (κ2) is 6.99. The number of rotatable bonds is 4. The molecule has 3 nitrogen and oxygen atoms in total. The number of carbonyl (C=O) groups is 1. The van der Waals surface area contributed by atoms with Crippen LogP contribution in [0.4, 0.5) is 5.69 Å². The molecule has 3 heteroatoms. The Morgan fingerprint density at radius 2 is 1.82 bits per heavy atom. The van der Waals surface area contributed by atoms with E-state index < -0.39 is 0 Å². The highest BCUT2D eigenvalue weighted by Gasteiger charge is 2.25. The molecular formula is C19H26N2O. The minimum absolute atomic E-state index is 0.0800. The number of nitrogens with one attached hydrogen (secondary N) is 1. The van der Waals surface area contributed by atoms with Gasteiger partial charge >= 0.3 is 0 Å². The van der Waals surface area contributed by atoms with E-state index in [2.05, 4.69) is 41.4 Å². The molecule has 1 fully saturated rings. The van der Waals surface area contributed by atoms with Gasteiger partial charge in [-0.25, -0.2) is 0 Å². The molecule has 1 aliphatic carbocycles. The fourth-order valence-electron chi connectivity index (χ4n) is 3.65. The third kappa shape index (κ3) is 3.34. The Bertz CT molecular complexity index is 527. The van der Waals surface area contributed by atoms with Gasteiger partial charge in [-0.2, -0.15) is 0 Å². The molecule has 118 valence electrons. The molecule has 2 unspecified atom stereocenters. The van der Waals surface area contributed by atoms with Crippen molar-refractivity contribution in [2.75, 3.05) is 18.0 Å². The Morgan fingerprint density at radius 1 is 1.14 bits per heavy atom. The van der Waals surface area contributed by atoms with E-state index in [1.165, 1.54) is 24.9 Å². The van der Waals surface area contributed by atoms with E-state index in [4.69, 9.17) is 0 Å². The third-order valence-corrected chi connectivity index (χ3v) is 5.06. The standard InChI is InChI=1S/C19H26N2O/c1-2-15-7-3-4-8-18(15)20-19(22)16-9-11-17(12-10-16)21-13-5-6-14-21/h5-6,9-12,15,18H,2-4,7-8,13-14H2,1H3,(H,20,22). The molecule has 1 aromatic carbocycles. The minimum atomic E-state index is 0.0800. The van der Waals surface area contributed by atoms with Gasteiger partial charge in [-0.05, 0) is 43.0 Å². The van der Waals surface area contributed by atoms with Crippen LogP contribution >= 0.6 is 0 Å². The van der Waals surface area contributed by atoms with Crippen molar-refractivity contribution in [1.82, 2.24) is 5.32 Å². The summed E-state index contributed by atoms with van der Waals surface area (Å²) in [5.41, 5.74) is 1.96. The number of hydrogen-bond acceptors (Lipinski definition) is 2. The van der Waals surface area contributed by atoms with Gasteiger partial charge in [0.25, 0.3) is 5.91 Å². The Labute approximate surface area is 133 Å². The van der Waals surface area contributed by atoms with E-state index in [0.717, 1.165) is 31.5 Å². The van der Waals surface area contributed by atoms with Crippen molar-refractivity contribution in [2.45, 2.75) is 45.1 Å². The van der Waals surface area contributed by atoms with E-state index in [1.807, 2.05) is 12.1 Å². The number of hydrogen-bond donors (Lipinski definition) is 1.